The van der Waals surface area contributed by atoms with E-state index in [1.165, 1.54) is 111 Å². The summed E-state index contributed by atoms with van der Waals surface area (Å²) in [5.41, 5.74) is 29.3. The van der Waals surface area contributed by atoms with Crippen molar-refractivity contribution >= 4 is 0 Å². The van der Waals surface area contributed by atoms with Gasteiger partial charge in [0.05, 0.1) is 0 Å². The first kappa shape index (κ1) is 22.9. The molecule has 0 spiro atoms. The topological polar surface area (TPSA) is 0 Å². The van der Waals surface area contributed by atoms with Gasteiger partial charge in [-0.25, -0.2) is 0 Å². The molecule has 5 aliphatic carbocycles. The van der Waals surface area contributed by atoms with Crippen molar-refractivity contribution < 1.29 is 0 Å². The van der Waals surface area contributed by atoms with Crippen LogP contribution in [0, 0.1) is 0 Å². The average molecular weight is 547 g/mol. The van der Waals surface area contributed by atoms with E-state index in [4.69, 9.17) is 0 Å². The number of rotatable bonds is 2. The molecule has 11 rings (SSSR count). The Morgan fingerprint density at radius 3 is 1.09 bits per heavy atom. The molecule has 0 radical (unpaired) electrons. The van der Waals surface area contributed by atoms with Gasteiger partial charge in [-0.2, -0.15) is 0 Å². The maximum atomic E-state index is 2.50. The fraction of sp³-hybridized carbons (Fsp3) is 0.163. The van der Waals surface area contributed by atoms with Crippen LogP contribution in [0.2, 0.25) is 0 Å². The minimum Gasteiger partial charge on any atom is -0.0617 e. The van der Waals surface area contributed by atoms with Crippen molar-refractivity contribution in [1.29, 1.82) is 0 Å². The fourth-order valence-electron chi connectivity index (χ4n) is 9.52. The largest absolute Gasteiger partial charge is 0.0617 e. The summed E-state index contributed by atoms with van der Waals surface area (Å²) in [4.78, 5) is 0. The molecule has 0 N–H and O–H groups in total. The molecule has 0 bridgehead atoms. The van der Waals surface area contributed by atoms with Gasteiger partial charge in [-0.05, 0) is 149 Å². The third-order valence-electron chi connectivity index (χ3n) is 11.4. The number of benzene rings is 6. The van der Waals surface area contributed by atoms with E-state index in [1.807, 2.05) is 0 Å². The Morgan fingerprint density at radius 2 is 0.721 bits per heavy atom. The Balaban J connectivity index is 0.989. The fourth-order valence-corrected chi connectivity index (χ4v) is 9.52. The summed E-state index contributed by atoms with van der Waals surface area (Å²) < 4.78 is 0. The summed E-state index contributed by atoms with van der Waals surface area (Å²) in [5.74, 6) is 0. The standard InChI is InChI=1S/C43H30/c1-43(2)37-21-23(29-17-31-13-25-5-3-6-26-14-32(18-29)41(31)39(25)26)9-11-35(37)36-12-10-24(22-38(36)43)30-19-33-15-27-7-4-8-28-16-34(20-30)42(33)40(27)28/h3-12,17-22H,13-16H2,1-2H3. The zero-order valence-electron chi connectivity index (χ0n) is 24.6. The molecule has 202 valence electrons. The van der Waals surface area contributed by atoms with Gasteiger partial charge in [-0.3, -0.25) is 0 Å². The molecule has 43 heavy (non-hydrogen) atoms. The minimum atomic E-state index is -0.0510. The lowest BCUT2D eigenvalue weighted by molar-refractivity contribution is 0.661. The number of fused-ring (bicyclic) bond motifs is 3. The van der Waals surface area contributed by atoms with E-state index in [1.54, 1.807) is 0 Å². The van der Waals surface area contributed by atoms with Crippen LogP contribution in [-0.2, 0) is 31.1 Å². The summed E-state index contributed by atoms with van der Waals surface area (Å²) in [6.07, 6.45) is 4.28. The summed E-state index contributed by atoms with van der Waals surface area (Å²) in [6, 6.07) is 38.2. The lowest BCUT2D eigenvalue weighted by Gasteiger charge is -2.23. The van der Waals surface area contributed by atoms with Gasteiger partial charge in [-0.1, -0.05) is 98.8 Å². The molecule has 0 heterocycles. The highest BCUT2D eigenvalue weighted by atomic mass is 14.4. The molecule has 0 aliphatic heterocycles. The van der Waals surface area contributed by atoms with Crippen LogP contribution in [0.25, 0.3) is 55.6 Å². The van der Waals surface area contributed by atoms with Crippen LogP contribution >= 0.6 is 0 Å². The summed E-state index contributed by atoms with van der Waals surface area (Å²) >= 11 is 0. The van der Waals surface area contributed by atoms with Gasteiger partial charge in [0.2, 0.25) is 0 Å². The zero-order valence-corrected chi connectivity index (χ0v) is 24.6. The Kier molecular flexibility index (Phi) is 3.96. The van der Waals surface area contributed by atoms with Crippen molar-refractivity contribution in [2.45, 2.75) is 44.9 Å². The van der Waals surface area contributed by atoms with Crippen LogP contribution < -0.4 is 0 Å². The Labute approximate surface area is 252 Å². The van der Waals surface area contributed by atoms with Crippen LogP contribution in [0.3, 0.4) is 0 Å². The van der Waals surface area contributed by atoms with Crippen LogP contribution in [0.4, 0.5) is 0 Å². The second-order valence-electron chi connectivity index (χ2n) is 14.1. The van der Waals surface area contributed by atoms with Crippen LogP contribution in [0.1, 0.15) is 69.5 Å². The van der Waals surface area contributed by atoms with Crippen molar-refractivity contribution in [3.8, 4) is 55.6 Å². The van der Waals surface area contributed by atoms with Crippen molar-refractivity contribution in [2.75, 3.05) is 0 Å². The van der Waals surface area contributed by atoms with E-state index in [0.717, 1.165) is 25.7 Å². The van der Waals surface area contributed by atoms with Crippen LogP contribution in [0.5, 0.6) is 0 Å². The Hall–Kier alpha value is -4.68. The van der Waals surface area contributed by atoms with Gasteiger partial charge in [0.25, 0.3) is 0 Å². The molecule has 6 aromatic carbocycles. The molecule has 0 saturated heterocycles. The summed E-state index contributed by atoms with van der Waals surface area (Å²) in [7, 11) is 0. The third kappa shape index (κ3) is 2.78. The lowest BCUT2D eigenvalue weighted by atomic mass is 9.80. The van der Waals surface area contributed by atoms with Gasteiger partial charge in [0, 0.05) is 5.41 Å². The summed E-state index contributed by atoms with van der Waals surface area (Å²) in [6.45, 7) is 4.84. The first-order valence-corrected chi connectivity index (χ1v) is 15.9. The molecule has 0 fully saturated rings. The number of hydrogen-bond donors (Lipinski definition) is 0. The monoisotopic (exact) mass is 546 g/mol. The van der Waals surface area contributed by atoms with Gasteiger partial charge in [-0.15, -0.1) is 0 Å². The molecule has 0 heteroatoms. The van der Waals surface area contributed by atoms with E-state index in [0.29, 0.717) is 0 Å². The molecular weight excluding hydrogens is 516 g/mol. The van der Waals surface area contributed by atoms with E-state index in [-0.39, 0.29) is 5.41 Å². The van der Waals surface area contributed by atoms with Gasteiger partial charge < -0.3 is 0 Å². The average Bonchev–Trinajstić information content (AvgIpc) is 3.82. The van der Waals surface area contributed by atoms with Crippen LogP contribution in [0.15, 0.2) is 97.1 Å². The number of hydrogen-bond acceptors (Lipinski definition) is 0. The maximum Gasteiger partial charge on any atom is 0.0159 e. The molecule has 0 aromatic heterocycles. The molecule has 0 atom stereocenters. The van der Waals surface area contributed by atoms with E-state index in [9.17, 15) is 0 Å². The Morgan fingerprint density at radius 1 is 0.372 bits per heavy atom. The molecular formula is C43H30. The quantitative estimate of drug-likeness (QED) is 0.202. The normalized spacial score (nSPS) is 16.0. The second kappa shape index (κ2) is 7.44. The van der Waals surface area contributed by atoms with Crippen molar-refractivity contribution in [3.63, 3.8) is 0 Å². The predicted molar refractivity (Wildman–Crippen MR) is 177 cm³/mol. The third-order valence-corrected chi connectivity index (χ3v) is 11.4. The molecule has 0 nitrogen and oxygen atoms in total. The smallest absolute Gasteiger partial charge is 0.0159 e. The lowest BCUT2D eigenvalue weighted by Crippen LogP contribution is -2.15. The van der Waals surface area contributed by atoms with Crippen molar-refractivity contribution in [3.05, 3.63) is 153 Å². The highest BCUT2D eigenvalue weighted by Gasteiger charge is 2.37. The van der Waals surface area contributed by atoms with E-state index >= 15 is 0 Å². The molecule has 0 saturated carbocycles. The Bertz CT molecular complexity index is 2050. The molecule has 6 aromatic rings. The zero-order chi connectivity index (χ0) is 28.2. The van der Waals surface area contributed by atoms with Crippen LogP contribution in [-0.4, -0.2) is 0 Å². The highest BCUT2D eigenvalue weighted by Crippen LogP contribution is 2.53. The van der Waals surface area contributed by atoms with E-state index in [2.05, 4.69) is 111 Å². The SMILES string of the molecule is CC1(C)c2cc(-c3cc4c5c(c3)Cc3cccc(c3-5)C4)ccc2-c2ccc(-c3cc4c5c(c3)Cc3cccc(c3-5)C4)cc21. The molecule has 0 amide bonds. The molecule has 0 unspecified atom stereocenters. The highest BCUT2D eigenvalue weighted by molar-refractivity contribution is 5.92. The first-order chi connectivity index (χ1) is 21.0. The summed E-state index contributed by atoms with van der Waals surface area (Å²) in [5, 5.41) is 0. The second-order valence-corrected chi connectivity index (χ2v) is 14.1. The first-order valence-electron chi connectivity index (χ1n) is 15.9. The van der Waals surface area contributed by atoms with Gasteiger partial charge >= 0.3 is 0 Å². The van der Waals surface area contributed by atoms with Gasteiger partial charge in [0.1, 0.15) is 0 Å². The van der Waals surface area contributed by atoms with Gasteiger partial charge in [0.15, 0.2) is 0 Å². The maximum absolute atomic E-state index is 2.50. The van der Waals surface area contributed by atoms with Crippen molar-refractivity contribution in [2.24, 2.45) is 0 Å². The molecule has 5 aliphatic rings. The van der Waals surface area contributed by atoms with Crippen molar-refractivity contribution in [1.82, 2.24) is 0 Å². The van der Waals surface area contributed by atoms with E-state index < -0.39 is 0 Å². The minimum absolute atomic E-state index is 0.0510. The predicted octanol–water partition coefficient (Wildman–Crippen LogP) is 10.3.